The van der Waals surface area contributed by atoms with Crippen molar-refractivity contribution in [3.8, 4) is 5.75 Å². The molecule has 0 spiro atoms. The van der Waals surface area contributed by atoms with Crippen LogP contribution in [0.1, 0.15) is 18.2 Å². The maximum Gasteiger partial charge on any atom is 0.182 e. The van der Waals surface area contributed by atoms with E-state index >= 15 is 0 Å². The van der Waals surface area contributed by atoms with Crippen LogP contribution in [0.3, 0.4) is 0 Å². The average Bonchev–Trinajstić information content (AvgIpc) is 2.82. The Hall–Kier alpha value is -1.26. The second-order valence-corrected chi connectivity index (χ2v) is 5.36. The van der Waals surface area contributed by atoms with Gasteiger partial charge in [0.25, 0.3) is 0 Å². The highest BCUT2D eigenvalue weighted by Crippen LogP contribution is 2.22. The molecule has 0 bridgehead atoms. The number of benzene rings is 1. The van der Waals surface area contributed by atoms with Crippen molar-refractivity contribution in [2.75, 3.05) is 11.9 Å². The van der Waals surface area contributed by atoms with Crippen molar-refractivity contribution in [1.29, 1.82) is 0 Å². The Kier molecular flexibility index (Phi) is 4.84. The summed E-state index contributed by atoms with van der Waals surface area (Å²) in [5.41, 5.74) is 0. The first-order valence-corrected chi connectivity index (χ1v) is 7.04. The Morgan fingerprint density at radius 3 is 3.11 bits per heavy atom. The smallest absolute Gasteiger partial charge is 0.182 e. The minimum absolute atomic E-state index is 0.520. The van der Waals surface area contributed by atoms with Gasteiger partial charge in [0, 0.05) is 17.8 Å². The molecule has 1 N–H and O–H groups in total. The Bertz CT molecular complexity index is 501. The van der Waals surface area contributed by atoms with Gasteiger partial charge < -0.3 is 10.1 Å². The number of hydrogen-bond acceptors (Lipinski definition) is 4. The summed E-state index contributed by atoms with van der Waals surface area (Å²) < 4.78 is 5.65. The highest BCUT2D eigenvalue weighted by atomic mass is 35.5. The van der Waals surface area contributed by atoms with E-state index in [1.165, 1.54) is 0 Å². The maximum absolute atomic E-state index is 5.89. The van der Waals surface area contributed by atoms with Crippen LogP contribution in [0.25, 0.3) is 0 Å². The second kappa shape index (κ2) is 6.61. The zero-order chi connectivity index (χ0) is 12.8. The molecule has 0 atom stereocenters. The Morgan fingerprint density at radius 1 is 1.44 bits per heavy atom. The maximum atomic E-state index is 5.89. The molecule has 0 aliphatic carbocycles. The first-order valence-electron chi connectivity index (χ1n) is 5.85. The largest absolute Gasteiger partial charge is 0.488 e. The summed E-state index contributed by atoms with van der Waals surface area (Å²) in [6.07, 6.45) is 2.93. The summed E-state index contributed by atoms with van der Waals surface area (Å²) in [4.78, 5) is 5.38. The molecule has 0 unspecified atom stereocenters. The third kappa shape index (κ3) is 3.89. The van der Waals surface area contributed by atoms with E-state index in [0.717, 1.165) is 28.7 Å². The van der Waals surface area contributed by atoms with Gasteiger partial charge in [-0.25, -0.2) is 4.98 Å². The predicted octanol–water partition coefficient (Wildman–Crippen LogP) is 4.20. The second-order valence-electron chi connectivity index (χ2n) is 3.80. The molecule has 3 nitrogen and oxygen atoms in total. The number of anilines is 1. The number of ether oxygens (including phenoxy) is 1. The van der Waals surface area contributed by atoms with Gasteiger partial charge >= 0.3 is 0 Å². The zero-order valence-corrected chi connectivity index (χ0v) is 11.7. The van der Waals surface area contributed by atoms with Crippen molar-refractivity contribution in [1.82, 2.24) is 4.98 Å². The summed E-state index contributed by atoms with van der Waals surface area (Å²) in [7, 11) is 0. The minimum atomic E-state index is 0.520. The summed E-state index contributed by atoms with van der Waals surface area (Å²) in [5.74, 6) is 0.777. The molecule has 1 aromatic carbocycles. The van der Waals surface area contributed by atoms with Crippen LogP contribution >= 0.6 is 22.9 Å². The molecule has 1 aromatic heterocycles. The zero-order valence-electron chi connectivity index (χ0n) is 10.1. The van der Waals surface area contributed by atoms with Crippen LogP contribution in [-0.4, -0.2) is 11.5 Å². The standard InChI is InChI=1S/C13H15ClN2OS/c1-2-6-15-13-16-8-12(18-13)9-17-11-5-3-4-10(14)7-11/h3-5,7-8H,2,6,9H2,1H3,(H,15,16). The normalized spacial score (nSPS) is 10.3. The molecule has 5 heteroatoms. The van der Waals surface area contributed by atoms with Gasteiger partial charge in [-0.3, -0.25) is 0 Å². The quantitative estimate of drug-likeness (QED) is 0.862. The van der Waals surface area contributed by atoms with E-state index in [9.17, 15) is 0 Å². The van der Waals surface area contributed by atoms with Gasteiger partial charge in [0.05, 0.1) is 4.88 Å². The van der Waals surface area contributed by atoms with Gasteiger partial charge in [0.1, 0.15) is 12.4 Å². The molecule has 0 radical (unpaired) electrons. The van der Waals surface area contributed by atoms with Crippen LogP contribution in [0.15, 0.2) is 30.5 Å². The first kappa shape index (κ1) is 13.2. The first-order chi connectivity index (χ1) is 8.78. The monoisotopic (exact) mass is 282 g/mol. The number of nitrogens with one attached hydrogen (secondary N) is 1. The van der Waals surface area contributed by atoms with E-state index in [4.69, 9.17) is 16.3 Å². The molecule has 1 heterocycles. The summed E-state index contributed by atoms with van der Waals surface area (Å²) >= 11 is 7.50. The van der Waals surface area contributed by atoms with Gasteiger partial charge in [-0.2, -0.15) is 0 Å². The molecule has 96 valence electrons. The van der Waals surface area contributed by atoms with Crippen LogP contribution in [-0.2, 0) is 6.61 Å². The molecule has 2 rings (SSSR count). The van der Waals surface area contributed by atoms with Crippen LogP contribution in [0, 0.1) is 0 Å². The van der Waals surface area contributed by atoms with E-state index in [-0.39, 0.29) is 0 Å². The van der Waals surface area contributed by atoms with Crippen LogP contribution in [0.4, 0.5) is 5.13 Å². The summed E-state index contributed by atoms with van der Waals surface area (Å²) in [6.45, 7) is 3.59. The third-order valence-corrected chi connectivity index (χ3v) is 3.42. The summed E-state index contributed by atoms with van der Waals surface area (Å²) in [5, 5.41) is 4.88. The number of nitrogens with zero attached hydrogens (tertiary/aromatic N) is 1. The Labute approximate surface area is 116 Å². The fourth-order valence-corrected chi connectivity index (χ4v) is 2.33. The molecule has 0 saturated heterocycles. The SMILES string of the molecule is CCCNc1ncc(COc2cccc(Cl)c2)s1. The van der Waals surface area contributed by atoms with Gasteiger partial charge in [0.15, 0.2) is 5.13 Å². The number of aromatic nitrogens is 1. The lowest BCUT2D eigenvalue weighted by Gasteiger charge is -2.04. The van der Waals surface area contributed by atoms with Gasteiger partial charge in [-0.1, -0.05) is 35.9 Å². The Balaban J connectivity index is 1.88. The number of thiazole rings is 1. The highest BCUT2D eigenvalue weighted by Gasteiger charge is 2.02. The van der Waals surface area contributed by atoms with Crippen molar-refractivity contribution in [3.05, 3.63) is 40.4 Å². The lowest BCUT2D eigenvalue weighted by atomic mass is 10.3. The Morgan fingerprint density at radius 2 is 2.33 bits per heavy atom. The fraction of sp³-hybridized carbons (Fsp3) is 0.308. The van der Waals surface area contributed by atoms with E-state index in [1.54, 1.807) is 17.4 Å². The fourth-order valence-electron chi connectivity index (χ4n) is 1.40. The molecule has 0 aliphatic heterocycles. The van der Waals surface area contributed by atoms with Crippen LogP contribution in [0.5, 0.6) is 5.75 Å². The molecule has 0 saturated carbocycles. The average molecular weight is 283 g/mol. The predicted molar refractivity (Wildman–Crippen MR) is 76.7 cm³/mol. The molecule has 0 amide bonds. The van der Waals surface area contributed by atoms with E-state index in [0.29, 0.717) is 11.6 Å². The van der Waals surface area contributed by atoms with E-state index in [1.807, 2.05) is 24.4 Å². The minimum Gasteiger partial charge on any atom is -0.488 e. The lowest BCUT2D eigenvalue weighted by Crippen LogP contribution is -1.97. The van der Waals surface area contributed by atoms with Crippen molar-refractivity contribution in [2.24, 2.45) is 0 Å². The van der Waals surface area contributed by atoms with Crippen molar-refractivity contribution < 1.29 is 4.74 Å². The molecule has 2 aromatic rings. The highest BCUT2D eigenvalue weighted by molar-refractivity contribution is 7.15. The molecule has 0 aliphatic rings. The summed E-state index contributed by atoms with van der Waals surface area (Å²) in [6, 6.07) is 7.40. The molecule has 0 fully saturated rings. The lowest BCUT2D eigenvalue weighted by molar-refractivity contribution is 0.309. The van der Waals surface area contributed by atoms with Crippen LogP contribution in [0.2, 0.25) is 5.02 Å². The number of halogens is 1. The van der Waals surface area contributed by atoms with Crippen LogP contribution < -0.4 is 10.1 Å². The van der Waals surface area contributed by atoms with Gasteiger partial charge in [-0.15, -0.1) is 0 Å². The topological polar surface area (TPSA) is 34.2 Å². The third-order valence-electron chi connectivity index (χ3n) is 2.26. The van der Waals surface area contributed by atoms with Gasteiger partial charge in [-0.05, 0) is 24.6 Å². The van der Waals surface area contributed by atoms with Crippen molar-refractivity contribution in [2.45, 2.75) is 20.0 Å². The van der Waals surface area contributed by atoms with Crippen molar-refractivity contribution in [3.63, 3.8) is 0 Å². The van der Waals surface area contributed by atoms with E-state index < -0.39 is 0 Å². The number of rotatable bonds is 6. The molecular weight excluding hydrogens is 268 g/mol. The number of hydrogen-bond donors (Lipinski definition) is 1. The molecule has 18 heavy (non-hydrogen) atoms. The van der Waals surface area contributed by atoms with Crippen molar-refractivity contribution >= 4 is 28.1 Å². The molecular formula is C13H15ClN2OS. The van der Waals surface area contributed by atoms with Gasteiger partial charge in [0.2, 0.25) is 0 Å². The van der Waals surface area contributed by atoms with E-state index in [2.05, 4.69) is 17.2 Å².